The Balaban J connectivity index is 2.29. The fourth-order valence-corrected chi connectivity index (χ4v) is 3.53. The van der Waals surface area contributed by atoms with Gasteiger partial charge in [0.15, 0.2) is 0 Å². The Bertz CT molecular complexity index is 1370. The van der Waals surface area contributed by atoms with Crippen LogP contribution in [0.25, 0.3) is 0 Å². The van der Waals surface area contributed by atoms with E-state index >= 15 is 0 Å². The van der Waals surface area contributed by atoms with Gasteiger partial charge in [-0.05, 0) is 48.2 Å². The Morgan fingerprint density at radius 1 is 1.25 bits per heavy atom. The minimum absolute atomic E-state index is 0.00628. The highest BCUT2D eigenvalue weighted by atomic mass is 19.1. The van der Waals surface area contributed by atoms with Gasteiger partial charge in [-0.2, -0.15) is 14.6 Å². The second-order valence-corrected chi connectivity index (χ2v) is 7.63. The Kier molecular flexibility index (Phi) is 6.35. The molecular weight excluding hydrogens is 415 g/mol. The van der Waals surface area contributed by atoms with E-state index in [-0.39, 0.29) is 34.8 Å². The van der Waals surface area contributed by atoms with Crippen LogP contribution in [0.5, 0.6) is 5.88 Å². The van der Waals surface area contributed by atoms with Gasteiger partial charge >= 0.3 is 5.69 Å². The summed E-state index contributed by atoms with van der Waals surface area (Å²) >= 11 is 0. The summed E-state index contributed by atoms with van der Waals surface area (Å²) in [5.74, 6) is -1.79. The number of H-pyrrole nitrogens is 1. The van der Waals surface area contributed by atoms with Crippen LogP contribution in [0, 0.1) is 24.2 Å². The maximum absolute atomic E-state index is 13.9. The van der Waals surface area contributed by atoms with Crippen molar-refractivity contribution in [2.24, 2.45) is 0 Å². The second-order valence-electron chi connectivity index (χ2n) is 7.63. The predicted molar refractivity (Wildman–Crippen MR) is 115 cm³/mol. The molecule has 0 saturated carbocycles. The minimum Gasteiger partial charge on any atom is -0.481 e. The topological polar surface area (TPSA) is 118 Å². The number of methoxy groups -OCH3 is 1. The highest BCUT2D eigenvalue weighted by Gasteiger charge is 2.25. The zero-order valence-electron chi connectivity index (χ0n) is 18.0. The highest BCUT2D eigenvalue weighted by Crippen LogP contribution is 2.21. The van der Waals surface area contributed by atoms with E-state index in [1.807, 2.05) is 6.07 Å². The van der Waals surface area contributed by atoms with E-state index in [0.29, 0.717) is 11.1 Å². The summed E-state index contributed by atoms with van der Waals surface area (Å²) < 4.78 is 20.0. The molecule has 0 saturated heterocycles. The molecule has 164 valence electrons. The molecule has 1 N–H and O–H groups in total. The summed E-state index contributed by atoms with van der Waals surface area (Å²) in [5, 5.41) is 9.27. The van der Waals surface area contributed by atoms with Crippen LogP contribution in [-0.2, 0) is 6.54 Å². The molecule has 0 unspecified atom stereocenters. The zero-order valence-corrected chi connectivity index (χ0v) is 18.0. The number of ether oxygens (including phenoxy) is 1. The standard InChI is InChI=1S/C23H21FN4O4/c1-12(2)19-20(21(29)16-6-13(3)5-14(7-16)10-25)28(23(31)27-22(19)30)11-15-8-17(24)26-18(9-15)32-4/h5-9,12H,11H2,1-4H3,(H,27,30,31). The summed E-state index contributed by atoms with van der Waals surface area (Å²) in [6, 6.07) is 9.16. The number of carbonyl (C=O) groups excluding carboxylic acids is 1. The summed E-state index contributed by atoms with van der Waals surface area (Å²) in [5.41, 5.74) is -0.0360. The van der Waals surface area contributed by atoms with Gasteiger partial charge in [0.05, 0.1) is 25.3 Å². The third kappa shape index (κ3) is 4.49. The molecule has 0 atom stereocenters. The van der Waals surface area contributed by atoms with Crippen molar-refractivity contribution in [2.45, 2.75) is 33.2 Å². The number of pyridine rings is 1. The third-order valence-corrected chi connectivity index (χ3v) is 4.88. The number of nitrogens with one attached hydrogen (secondary N) is 1. The molecule has 0 aliphatic rings. The van der Waals surface area contributed by atoms with Crippen molar-refractivity contribution in [2.75, 3.05) is 7.11 Å². The fraction of sp³-hybridized carbons (Fsp3) is 0.261. The van der Waals surface area contributed by atoms with Crippen molar-refractivity contribution in [1.82, 2.24) is 14.5 Å². The average Bonchev–Trinajstić information content (AvgIpc) is 2.73. The van der Waals surface area contributed by atoms with E-state index < -0.39 is 28.9 Å². The number of hydrogen-bond donors (Lipinski definition) is 1. The molecule has 1 aromatic carbocycles. The van der Waals surface area contributed by atoms with Gasteiger partial charge < -0.3 is 4.74 Å². The van der Waals surface area contributed by atoms with E-state index in [1.165, 1.54) is 19.2 Å². The van der Waals surface area contributed by atoms with E-state index in [9.17, 15) is 24.0 Å². The lowest BCUT2D eigenvalue weighted by Crippen LogP contribution is -2.38. The van der Waals surface area contributed by atoms with Crippen LogP contribution >= 0.6 is 0 Å². The summed E-state index contributed by atoms with van der Waals surface area (Å²) in [7, 11) is 1.33. The highest BCUT2D eigenvalue weighted by molar-refractivity contribution is 6.09. The van der Waals surface area contributed by atoms with Crippen LogP contribution < -0.4 is 16.0 Å². The van der Waals surface area contributed by atoms with Crippen LogP contribution in [-0.4, -0.2) is 27.4 Å². The summed E-state index contributed by atoms with van der Waals surface area (Å²) in [6.07, 6.45) is 0. The number of rotatable bonds is 6. The van der Waals surface area contributed by atoms with Crippen molar-refractivity contribution in [3.63, 3.8) is 0 Å². The molecule has 0 aliphatic heterocycles. The number of nitrogens with zero attached hydrogens (tertiary/aromatic N) is 3. The number of aromatic nitrogens is 3. The molecule has 32 heavy (non-hydrogen) atoms. The van der Waals surface area contributed by atoms with Crippen LogP contribution in [0.1, 0.15) is 58.1 Å². The Morgan fingerprint density at radius 2 is 1.97 bits per heavy atom. The number of carbonyl (C=O) groups is 1. The Morgan fingerprint density at radius 3 is 2.59 bits per heavy atom. The van der Waals surface area contributed by atoms with E-state index in [0.717, 1.165) is 10.6 Å². The fourth-order valence-electron chi connectivity index (χ4n) is 3.53. The van der Waals surface area contributed by atoms with Crippen molar-refractivity contribution in [3.8, 4) is 11.9 Å². The summed E-state index contributed by atoms with van der Waals surface area (Å²) in [6.45, 7) is 4.98. The third-order valence-electron chi connectivity index (χ3n) is 4.88. The lowest BCUT2D eigenvalue weighted by atomic mass is 9.95. The first-order valence-electron chi connectivity index (χ1n) is 9.78. The molecule has 0 radical (unpaired) electrons. The maximum Gasteiger partial charge on any atom is 0.329 e. The minimum atomic E-state index is -0.814. The van der Waals surface area contributed by atoms with Gasteiger partial charge in [-0.25, -0.2) is 4.79 Å². The SMILES string of the molecule is COc1cc(Cn2c(C(=O)c3cc(C)cc(C#N)c3)c(C(C)C)c(=O)[nH]c2=O)cc(F)n1. The lowest BCUT2D eigenvalue weighted by Gasteiger charge is -2.18. The first-order valence-corrected chi connectivity index (χ1v) is 9.78. The van der Waals surface area contributed by atoms with Crippen LogP contribution in [0.15, 0.2) is 39.9 Å². The number of halogens is 1. The molecule has 0 amide bonds. The van der Waals surface area contributed by atoms with E-state index in [4.69, 9.17) is 4.74 Å². The van der Waals surface area contributed by atoms with Gasteiger partial charge in [0.2, 0.25) is 17.6 Å². The van der Waals surface area contributed by atoms with Crippen LogP contribution in [0.3, 0.4) is 0 Å². The van der Waals surface area contributed by atoms with Crippen molar-refractivity contribution < 1.29 is 13.9 Å². The number of hydrogen-bond acceptors (Lipinski definition) is 6. The molecule has 2 heterocycles. The van der Waals surface area contributed by atoms with E-state index in [2.05, 4.69) is 9.97 Å². The second kappa shape index (κ2) is 8.98. The van der Waals surface area contributed by atoms with Crippen molar-refractivity contribution in [3.05, 3.63) is 90.6 Å². The largest absolute Gasteiger partial charge is 0.481 e. The molecule has 0 bridgehead atoms. The number of ketones is 1. The van der Waals surface area contributed by atoms with E-state index in [1.54, 1.807) is 32.9 Å². The first-order chi connectivity index (χ1) is 15.1. The predicted octanol–water partition coefficient (Wildman–Crippen LogP) is 2.66. The molecule has 3 rings (SSSR count). The molecule has 0 fully saturated rings. The number of aromatic amines is 1. The Labute approximate surface area is 182 Å². The molecular formula is C23H21FN4O4. The van der Waals surface area contributed by atoms with Gasteiger partial charge in [-0.3, -0.25) is 19.1 Å². The normalized spacial score (nSPS) is 10.8. The van der Waals surface area contributed by atoms with Gasteiger partial charge in [-0.15, -0.1) is 0 Å². The molecule has 0 spiro atoms. The quantitative estimate of drug-likeness (QED) is 0.469. The van der Waals surface area contributed by atoms with Gasteiger partial charge in [0.1, 0.15) is 5.69 Å². The van der Waals surface area contributed by atoms with Crippen molar-refractivity contribution >= 4 is 5.78 Å². The molecule has 3 aromatic rings. The van der Waals surface area contributed by atoms with Gasteiger partial charge in [-0.1, -0.05) is 13.8 Å². The van der Waals surface area contributed by atoms with Crippen molar-refractivity contribution in [1.29, 1.82) is 5.26 Å². The number of aryl methyl sites for hydroxylation is 1. The monoisotopic (exact) mass is 436 g/mol. The van der Waals surface area contributed by atoms with Gasteiger partial charge in [0.25, 0.3) is 5.56 Å². The Hall–Kier alpha value is -4.06. The molecule has 2 aromatic heterocycles. The number of benzene rings is 1. The molecule has 9 heteroatoms. The maximum atomic E-state index is 13.9. The van der Waals surface area contributed by atoms with Crippen LogP contribution in [0.4, 0.5) is 4.39 Å². The molecule has 8 nitrogen and oxygen atoms in total. The smallest absolute Gasteiger partial charge is 0.329 e. The van der Waals surface area contributed by atoms with Gasteiger partial charge in [0, 0.05) is 17.2 Å². The van der Waals surface area contributed by atoms with Crippen LogP contribution in [0.2, 0.25) is 0 Å². The lowest BCUT2D eigenvalue weighted by molar-refractivity contribution is 0.102. The first kappa shape index (κ1) is 22.6. The number of nitriles is 1. The average molecular weight is 436 g/mol. The summed E-state index contributed by atoms with van der Waals surface area (Å²) in [4.78, 5) is 44.8. The zero-order chi connectivity index (χ0) is 23.6. The molecule has 0 aliphatic carbocycles.